The first-order valence-electron chi connectivity index (χ1n) is 5.35. The quantitative estimate of drug-likeness (QED) is 0.290. The Morgan fingerprint density at radius 3 is 2.25 bits per heavy atom. The van der Waals surface area contributed by atoms with E-state index in [1.807, 2.05) is 0 Å². The number of amides is 2. The van der Waals surface area contributed by atoms with Crippen molar-refractivity contribution in [2.45, 2.75) is 6.92 Å². The number of guanidine groups is 1. The van der Waals surface area contributed by atoms with Gasteiger partial charge in [0, 0.05) is 26.1 Å². The first kappa shape index (κ1) is 16.1. The Morgan fingerprint density at radius 2 is 1.80 bits per heavy atom. The molecule has 0 bridgehead atoms. The number of carbonyl (C=O) groups excluding carboxylic acids is 2. The molecule has 108 valence electrons. The van der Waals surface area contributed by atoms with E-state index in [-0.39, 0.29) is 27.4 Å². The molecule has 9 heteroatoms. The summed E-state index contributed by atoms with van der Waals surface area (Å²) in [5.41, 5.74) is 0.144. The van der Waals surface area contributed by atoms with E-state index in [0.717, 1.165) is 0 Å². The van der Waals surface area contributed by atoms with Gasteiger partial charge in [0.05, 0.1) is 15.7 Å². The number of ether oxygens (including phenoxy) is 1. The SMILES string of the molecule is CNC(=N)NC(=O)Nc1c(Cl)cc(OC(C)=O)cc1Cl. The van der Waals surface area contributed by atoms with Crippen LogP contribution in [0.2, 0.25) is 10.0 Å². The van der Waals surface area contributed by atoms with Gasteiger partial charge >= 0.3 is 12.0 Å². The number of rotatable bonds is 2. The third kappa shape index (κ3) is 4.60. The lowest BCUT2D eigenvalue weighted by Crippen LogP contribution is -2.40. The molecule has 0 saturated heterocycles. The van der Waals surface area contributed by atoms with Gasteiger partial charge in [0.15, 0.2) is 5.96 Å². The number of anilines is 1. The minimum atomic E-state index is -0.687. The third-order valence-electron chi connectivity index (χ3n) is 2.00. The number of benzene rings is 1. The first-order valence-corrected chi connectivity index (χ1v) is 6.11. The number of hydrogen-bond acceptors (Lipinski definition) is 4. The highest BCUT2D eigenvalue weighted by Crippen LogP contribution is 2.34. The predicted molar refractivity (Wildman–Crippen MR) is 76.7 cm³/mol. The Bertz CT molecular complexity index is 540. The standard InChI is InChI=1S/C11H12Cl2N4O3/c1-5(18)20-6-3-7(12)9(8(13)4-6)16-11(19)17-10(14)15-2/h3-4H,1-2H3,(H4,14,15,16,17,19). The highest BCUT2D eigenvalue weighted by Gasteiger charge is 2.13. The Labute approximate surface area is 125 Å². The van der Waals surface area contributed by atoms with Gasteiger partial charge in [0.1, 0.15) is 5.75 Å². The van der Waals surface area contributed by atoms with Gasteiger partial charge in [0.25, 0.3) is 0 Å². The maximum Gasteiger partial charge on any atom is 0.326 e. The van der Waals surface area contributed by atoms with Gasteiger partial charge in [-0.15, -0.1) is 0 Å². The molecule has 1 rings (SSSR count). The second-order valence-electron chi connectivity index (χ2n) is 3.56. The van der Waals surface area contributed by atoms with Crippen molar-refractivity contribution < 1.29 is 14.3 Å². The first-order chi connectivity index (χ1) is 9.33. The Kier molecular flexibility index (Phi) is 5.60. The summed E-state index contributed by atoms with van der Waals surface area (Å²) in [6, 6.07) is 2.00. The van der Waals surface area contributed by atoms with Crippen molar-refractivity contribution in [3.63, 3.8) is 0 Å². The molecule has 0 radical (unpaired) electrons. The zero-order valence-corrected chi connectivity index (χ0v) is 12.1. The van der Waals surface area contributed by atoms with Crippen molar-refractivity contribution in [3.05, 3.63) is 22.2 Å². The molecular formula is C11H12Cl2N4O3. The molecule has 2 amide bonds. The molecule has 0 unspecified atom stereocenters. The Morgan fingerprint density at radius 1 is 1.25 bits per heavy atom. The average molecular weight is 319 g/mol. The van der Waals surface area contributed by atoms with Gasteiger partial charge < -0.3 is 15.4 Å². The minimum absolute atomic E-state index is 0.0971. The molecule has 0 aliphatic carbocycles. The van der Waals surface area contributed by atoms with Crippen LogP contribution in [-0.4, -0.2) is 25.0 Å². The van der Waals surface area contributed by atoms with Gasteiger partial charge in [-0.1, -0.05) is 23.2 Å². The summed E-state index contributed by atoms with van der Waals surface area (Å²) in [5.74, 6) is -0.536. The second-order valence-corrected chi connectivity index (χ2v) is 4.37. The number of carbonyl (C=O) groups is 2. The maximum absolute atomic E-state index is 11.5. The molecule has 1 aromatic rings. The molecule has 0 aromatic heterocycles. The lowest BCUT2D eigenvalue weighted by atomic mass is 10.3. The van der Waals surface area contributed by atoms with E-state index in [9.17, 15) is 9.59 Å². The van der Waals surface area contributed by atoms with Crippen LogP contribution in [-0.2, 0) is 4.79 Å². The summed E-state index contributed by atoms with van der Waals surface area (Å²) in [4.78, 5) is 22.4. The van der Waals surface area contributed by atoms with Crippen LogP contribution >= 0.6 is 23.2 Å². The highest BCUT2D eigenvalue weighted by molar-refractivity contribution is 6.40. The zero-order chi connectivity index (χ0) is 15.3. The maximum atomic E-state index is 11.5. The van der Waals surface area contributed by atoms with Gasteiger partial charge in [-0.25, -0.2) is 4.79 Å². The van der Waals surface area contributed by atoms with Gasteiger partial charge in [-0.2, -0.15) is 0 Å². The van der Waals surface area contributed by atoms with Crippen molar-refractivity contribution in [2.24, 2.45) is 0 Å². The molecule has 4 N–H and O–H groups in total. The molecule has 0 saturated carbocycles. The lowest BCUT2D eigenvalue weighted by Gasteiger charge is -2.12. The van der Waals surface area contributed by atoms with E-state index >= 15 is 0 Å². The average Bonchev–Trinajstić information content (AvgIpc) is 2.32. The van der Waals surface area contributed by atoms with E-state index in [1.165, 1.54) is 26.1 Å². The normalized spacial score (nSPS) is 9.60. The van der Waals surface area contributed by atoms with Crippen LogP contribution in [0.5, 0.6) is 5.75 Å². The van der Waals surface area contributed by atoms with Gasteiger partial charge in [-0.05, 0) is 0 Å². The van der Waals surface area contributed by atoms with Crippen LogP contribution in [0.3, 0.4) is 0 Å². The van der Waals surface area contributed by atoms with Crippen LogP contribution in [0.25, 0.3) is 0 Å². The van der Waals surface area contributed by atoms with Crippen molar-refractivity contribution in [3.8, 4) is 5.75 Å². The molecule has 0 atom stereocenters. The molecular weight excluding hydrogens is 307 g/mol. The minimum Gasteiger partial charge on any atom is -0.427 e. The van der Waals surface area contributed by atoms with Gasteiger partial charge in [0.2, 0.25) is 0 Å². The number of nitrogens with one attached hydrogen (secondary N) is 4. The topological polar surface area (TPSA) is 103 Å². The molecule has 0 spiro atoms. The summed E-state index contributed by atoms with van der Waals surface area (Å²) in [5, 5.41) is 14.5. The van der Waals surface area contributed by atoms with Crippen molar-refractivity contribution >= 4 is 46.8 Å². The molecule has 0 aliphatic rings. The molecule has 0 fully saturated rings. The van der Waals surface area contributed by atoms with Crippen LogP contribution in [0.4, 0.5) is 10.5 Å². The third-order valence-corrected chi connectivity index (χ3v) is 2.60. The van der Waals surface area contributed by atoms with E-state index in [0.29, 0.717) is 0 Å². The summed E-state index contributed by atoms with van der Waals surface area (Å²) in [7, 11) is 1.48. The Hall–Kier alpha value is -1.99. The van der Waals surface area contributed by atoms with E-state index < -0.39 is 12.0 Å². The molecule has 20 heavy (non-hydrogen) atoms. The van der Waals surface area contributed by atoms with Crippen LogP contribution < -0.4 is 20.7 Å². The second kappa shape index (κ2) is 6.97. The van der Waals surface area contributed by atoms with Gasteiger partial charge in [-0.3, -0.25) is 15.5 Å². The smallest absolute Gasteiger partial charge is 0.326 e. The predicted octanol–water partition coefficient (Wildman–Crippen LogP) is 2.19. The summed E-state index contributed by atoms with van der Waals surface area (Å²) >= 11 is 11.9. The highest BCUT2D eigenvalue weighted by atomic mass is 35.5. The fourth-order valence-electron chi connectivity index (χ4n) is 1.21. The molecule has 0 aliphatic heterocycles. The van der Waals surface area contributed by atoms with Crippen LogP contribution in [0, 0.1) is 5.41 Å². The fraction of sp³-hybridized carbons (Fsp3) is 0.182. The number of hydrogen-bond donors (Lipinski definition) is 4. The van der Waals surface area contributed by atoms with E-state index in [2.05, 4.69) is 16.0 Å². The number of halogens is 2. The largest absolute Gasteiger partial charge is 0.427 e. The lowest BCUT2D eigenvalue weighted by molar-refractivity contribution is -0.131. The zero-order valence-electron chi connectivity index (χ0n) is 10.6. The fourth-order valence-corrected chi connectivity index (χ4v) is 1.78. The Balaban J connectivity index is 2.88. The summed E-state index contributed by atoms with van der Waals surface area (Å²) in [6.45, 7) is 1.24. The van der Waals surface area contributed by atoms with E-state index in [4.69, 9.17) is 33.3 Å². The van der Waals surface area contributed by atoms with E-state index in [1.54, 1.807) is 0 Å². The molecule has 1 aromatic carbocycles. The molecule has 7 nitrogen and oxygen atoms in total. The van der Waals surface area contributed by atoms with Crippen molar-refractivity contribution in [1.29, 1.82) is 5.41 Å². The monoisotopic (exact) mass is 318 g/mol. The molecule has 0 heterocycles. The van der Waals surface area contributed by atoms with Crippen molar-refractivity contribution in [1.82, 2.24) is 10.6 Å². The number of esters is 1. The van der Waals surface area contributed by atoms with Crippen LogP contribution in [0.1, 0.15) is 6.92 Å². The number of urea groups is 1. The van der Waals surface area contributed by atoms with Crippen LogP contribution in [0.15, 0.2) is 12.1 Å². The summed E-state index contributed by atoms with van der Waals surface area (Å²) in [6.07, 6.45) is 0. The summed E-state index contributed by atoms with van der Waals surface area (Å²) < 4.78 is 4.84. The van der Waals surface area contributed by atoms with Crippen molar-refractivity contribution in [2.75, 3.05) is 12.4 Å².